The van der Waals surface area contributed by atoms with E-state index in [1.54, 1.807) is 32.1 Å². The molecule has 0 bridgehead atoms. The first-order valence-electron chi connectivity index (χ1n) is 9.47. The molecule has 3 heterocycles. The largest absolute Gasteiger partial charge is 0.478 e. The molecule has 1 N–H and O–H groups in total. The number of hydrogen-bond acceptors (Lipinski definition) is 7. The summed E-state index contributed by atoms with van der Waals surface area (Å²) in [5.41, 5.74) is 1.48. The molecule has 1 unspecified atom stereocenters. The van der Waals surface area contributed by atoms with Crippen LogP contribution in [0.1, 0.15) is 40.7 Å². The molecule has 0 saturated heterocycles. The maximum absolute atomic E-state index is 13.3. The van der Waals surface area contributed by atoms with Gasteiger partial charge in [0.1, 0.15) is 6.04 Å². The molecule has 2 aromatic heterocycles. The summed E-state index contributed by atoms with van der Waals surface area (Å²) in [4.78, 5) is 43.0. The first-order chi connectivity index (χ1) is 14.9. The number of rotatable bonds is 5. The molecule has 0 amide bonds. The average molecular weight is 455 g/mol. The van der Waals surface area contributed by atoms with Crippen LogP contribution in [0.2, 0.25) is 0 Å². The number of aromatic nitrogens is 1. The predicted octanol–water partition coefficient (Wildman–Crippen LogP) is 2.56. The van der Waals surface area contributed by atoms with Gasteiger partial charge in [0.2, 0.25) is 0 Å². The van der Waals surface area contributed by atoms with Crippen LogP contribution in [0.5, 0.6) is 0 Å². The molecule has 158 valence electrons. The lowest BCUT2D eigenvalue weighted by atomic mass is 10.0. The van der Waals surface area contributed by atoms with Crippen LogP contribution in [-0.2, 0) is 9.53 Å². The maximum atomic E-state index is 13.3. The minimum absolute atomic E-state index is 0.172. The zero-order chi connectivity index (χ0) is 22.1. The minimum Gasteiger partial charge on any atom is -0.478 e. The normalized spacial score (nSPS) is 16.1. The quantitative estimate of drug-likeness (QED) is 0.598. The summed E-state index contributed by atoms with van der Waals surface area (Å²) < 4.78 is 7.23. The van der Waals surface area contributed by atoms with Gasteiger partial charge in [-0.3, -0.25) is 9.36 Å². The average Bonchev–Trinajstić information content (AvgIpc) is 3.36. The van der Waals surface area contributed by atoms with Crippen molar-refractivity contribution in [2.45, 2.75) is 19.9 Å². The minimum atomic E-state index is -1.01. The highest BCUT2D eigenvalue weighted by atomic mass is 32.1. The summed E-state index contributed by atoms with van der Waals surface area (Å²) >= 11 is 2.69. The Balaban J connectivity index is 1.88. The standard InChI is InChI=1S/C22H18N2O5S2/c1-3-29-21(28)17-12(2)23-22-24(18(17)15-5-4-10-30-15)19(25)16(31-22)11-13-6-8-14(9-7-13)20(26)27/h4-11,18H,3H2,1-2H3,(H,26,27)/b16-11+. The van der Waals surface area contributed by atoms with Gasteiger partial charge < -0.3 is 9.84 Å². The fourth-order valence-electron chi connectivity index (χ4n) is 3.38. The number of allylic oxidation sites excluding steroid dienone is 1. The van der Waals surface area contributed by atoms with Gasteiger partial charge >= 0.3 is 11.9 Å². The second kappa shape index (κ2) is 8.44. The fraction of sp³-hybridized carbons (Fsp3) is 0.182. The number of hydrogen-bond donors (Lipinski definition) is 1. The van der Waals surface area contributed by atoms with Gasteiger partial charge in [0, 0.05) is 4.88 Å². The monoisotopic (exact) mass is 454 g/mol. The molecule has 0 radical (unpaired) electrons. The van der Waals surface area contributed by atoms with Crippen molar-refractivity contribution >= 4 is 40.7 Å². The highest BCUT2D eigenvalue weighted by Gasteiger charge is 2.33. The second-order valence-electron chi connectivity index (χ2n) is 6.74. The lowest BCUT2D eigenvalue weighted by Gasteiger charge is -2.23. The Morgan fingerprint density at radius 3 is 2.61 bits per heavy atom. The van der Waals surface area contributed by atoms with Crippen LogP contribution >= 0.6 is 22.7 Å². The van der Waals surface area contributed by atoms with E-state index in [0.29, 0.717) is 26.2 Å². The molecule has 0 saturated carbocycles. The summed E-state index contributed by atoms with van der Waals surface area (Å²) in [6, 6.07) is 9.42. The summed E-state index contributed by atoms with van der Waals surface area (Å²) in [6.07, 6.45) is 1.70. The number of carbonyl (C=O) groups is 2. The van der Waals surface area contributed by atoms with E-state index in [9.17, 15) is 14.4 Å². The van der Waals surface area contributed by atoms with Crippen molar-refractivity contribution in [3.05, 3.63) is 88.7 Å². The molecular formula is C22H18N2O5S2. The molecule has 0 fully saturated rings. The summed E-state index contributed by atoms with van der Waals surface area (Å²) in [5, 5.41) is 11.0. The van der Waals surface area contributed by atoms with Crippen molar-refractivity contribution in [1.82, 2.24) is 4.57 Å². The number of carbonyl (C=O) groups excluding carboxylic acids is 1. The summed E-state index contributed by atoms with van der Waals surface area (Å²) in [7, 11) is 0. The number of aromatic carboxylic acids is 1. The van der Waals surface area contributed by atoms with Crippen LogP contribution in [-0.4, -0.2) is 28.2 Å². The van der Waals surface area contributed by atoms with E-state index in [1.807, 2.05) is 17.5 Å². The van der Waals surface area contributed by atoms with Crippen molar-refractivity contribution < 1.29 is 19.4 Å². The number of esters is 1. The number of fused-ring (bicyclic) bond motifs is 1. The topological polar surface area (TPSA) is 98.0 Å². The molecule has 0 spiro atoms. The molecule has 1 aliphatic heterocycles. The van der Waals surface area contributed by atoms with E-state index in [0.717, 1.165) is 4.88 Å². The number of carboxylic acids is 1. The van der Waals surface area contributed by atoms with E-state index < -0.39 is 18.0 Å². The predicted molar refractivity (Wildman–Crippen MR) is 118 cm³/mol. The van der Waals surface area contributed by atoms with Crippen LogP contribution in [0, 0.1) is 0 Å². The molecule has 4 rings (SSSR count). The third-order valence-corrected chi connectivity index (χ3v) is 6.69. The second-order valence-corrected chi connectivity index (χ2v) is 8.73. The van der Waals surface area contributed by atoms with E-state index >= 15 is 0 Å². The smallest absolute Gasteiger partial charge is 0.338 e. The Morgan fingerprint density at radius 2 is 2.00 bits per heavy atom. The van der Waals surface area contributed by atoms with Gasteiger partial charge in [0.15, 0.2) is 4.80 Å². The van der Waals surface area contributed by atoms with Crippen molar-refractivity contribution in [3.8, 4) is 0 Å². The molecule has 1 atom stereocenters. The van der Waals surface area contributed by atoms with Gasteiger partial charge in [-0.25, -0.2) is 14.6 Å². The lowest BCUT2D eigenvalue weighted by Crippen LogP contribution is -2.39. The number of nitrogens with zero attached hydrogens (tertiary/aromatic N) is 2. The highest BCUT2D eigenvalue weighted by molar-refractivity contribution is 7.10. The molecule has 0 aliphatic carbocycles. The number of benzene rings is 1. The van der Waals surface area contributed by atoms with Gasteiger partial charge in [0.05, 0.1) is 28.0 Å². The fourth-order valence-corrected chi connectivity index (χ4v) is 5.25. The van der Waals surface area contributed by atoms with E-state index in [4.69, 9.17) is 9.84 Å². The zero-order valence-electron chi connectivity index (χ0n) is 16.7. The van der Waals surface area contributed by atoms with Gasteiger partial charge in [-0.15, -0.1) is 11.3 Å². The van der Waals surface area contributed by atoms with Crippen LogP contribution < -0.4 is 14.9 Å². The van der Waals surface area contributed by atoms with Gasteiger partial charge in [0.25, 0.3) is 5.56 Å². The molecular weight excluding hydrogens is 436 g/mol. The first kappa shape index (κ1) is 21.0. The number of ether oxygens (including phenoxy) is 1. The van der Waals surface area contributed by atoms with Crippen molar-refractivity contribution in [2.24, 2.45) is 4.99 Å². The van der Waals surface area contributed by atoms with Crippen LogP contribution in [0.25, 0.3) is 6.08 Å². The highest BCUT2D eigenvalue weighted by Crippen LogP contribution is 2.33. The number of carboxylic acid groups (broad SMARTS) is 1. The van der Waals surface area contributed by atoms with Crippen LogP contribution in [0.3, 0.4) is 0 Å². The van der Waals surface area contributed by atoms with Gasteiger partial charge in [-0.1, -0.05) is 29.5 Å². The molecule has 31 heavy (non-hydrogen) atoms. The molecule has 1 aromatic carbocycles. The van der Waals surface area contributed by atoms with E-state index in [-0.39, 0.29) is 17.7 Å². The lowest BCUT2D eigenvalue weighted by molar-refractivity contribution is -0.139. The van der Waals surface area contributed by atoms with E-state index in [2.05, 4.69) is 4.99 Å². The Morgan fingerprint density at radius 1 is 1.26 bits per heavy atom. The number of thiophene rings is 1. The molecule has 3 aromatic rings. The third-order valence-electron chi connectivity index (χ3n) is 4.79. The Hall–Kier alpha value is -3.30. The Kier molecular flexibility index (Phi) is 5.71. The molecule has 9 heteroatoms. The summed E-state index contributed by atoms with van der Waals surface area (Å²) in [5.74, 6) is -1.50. The zero-order valence-corrected chi connectivity index (χ0v) is 18.3. The van der Waals surface area contributed by atoms with E-state index in [1.165, 1.54) is 39.4 Å². The maximum Gasteiger partial charge on any atom is 0.338 e. The molecule has 7 nitrogen and oxygen atoms in total. The van der Waals surface area contributed by atoms with Crippen LogP contribution in [0.4, 0.5) is 0 Å². The first-order valence-corrected chi connectivity index (χ1v) is 11.2. The molecule has 1 aliphatic rings. The van der Waals surface area contributed by atoms with Crippen LogP contribution in [0.15, 0.2) is 62.8 Å². The summed E-state index contributed by atoms with van der Waals surface area (Å²) in [6.45, 7) is 3.71. The van der Waals surface area contributed by atoms with Crippen molar-refractivity contribution in [1.29, 1.82) is 0 Å². The third kappa shape index (κ3) is 3.89. The Labute approximate surface area is 184 Å². The van der Waals surface area contributed by atoms with Gasteiger partial charge in [-0.05, 0) is 49.1 Å². The van der Waals surface area contributed by atoms with Gasteiger partial charge in [-0.2, -0.15) is 0 Å². The SMILES string of the molecule is CCOC(=O)C1=C(C)N=c2s/c(=C/c3ccc(C(=O)O)cc3)c(=O)n2C1c1cccs1. The van der Waals surface area contributed by atoms with Crippen molar-refractivity contribution in [3.63, 3.8) is 0 Å². The van der Waals surface area contributed by atoms with Crippen molar-refractivity contribution in [2.75, 3.05) is 6.61 Å². The number of thiazole rings is 1. The Bertz CT molecular complexity index is 1360.